The molecular weight excluding hydrogens is 368 g/mol. The van der Waals surface area contributed by atoms with Crippen LogP contribution in [0.2, 0.25) is 0 Å². The molecule has 0 saturated carbocycles. The van der Waals surface area contributed by atoms with Crippen molar-refractivity contribution in [2.75, 3.05) is 5.32 Å². The third-order valence-electron chi connectivity index (χ3n) is 4.05. The number of hydrogen-bond donors (Lipinski definition) is 1. The molecule has 2 aromatic rings. The van der Waals surface area contributed by atoms with Crippen molar-refractivity contribution in [3.05, 3.63) is 51.3 Å². The number of nitro groups is 1. The normalized spacial score (nSPS) is 11.6. The highest BCUT2D eigenvalue weighted by Gasteiger charge is 2.25. The van der Waals surface area contributed by atoms with E-state index in [1.165, 1.54) is 27.7 Å². The topological polar surface area (TPSA) is 133 Å². The third-order valence-corrected chi connectivity index (χ3v) is 4.05. The number of ketones is 1. The summed E-state index contributed by atoms with van der Waals surface area (Å²) in [7, 11) is 0. The standard InChI is InChI=1S/C18H20N4O6/c1-10-17(22(26)27)11(2)21(20-10)9-16(24)28-13(4)18(25)19-15-8-6-5-7-14(15)12(3)23/h5-8,13H,9H2,1-4H3,(H,19,25)/t13-/m1/s1. The smallest absolute Gasteiger partial charge is 0.328 e. The van der Waals surface area contributed by atoms with Gasteiger partial charge in [0.25, 0.3) is 5.91 Å². The number of anilines is 1. The number of aryl methyl sites for hydroxylation is 1. The van der Waals surface area contributed by atoms with Crippen molar-refractivity contribution in [3.63, 3.8) is 0 Å². The molecule has 0 bridgehead atoms. The van der Waals surface area contributed by atoms with Crippen LogP contribution in [0.25, 0.3) is 0 Å². The lowest BCUT2D eigenvalue weighted by Crippen LogP contribution is -2.31. The number of Topliss-reactive ketones (excluding diaryl/α,β-unsaturated/α-hetero) is 1. The number of amides is 1. The van der Waals surface area contributed by atoms with Crippen molar-refractivity contribution in [1.82, 2.24) is 9.78 Å². The van der Waals surface area contributed by atoms with Crippen molar-refractivity contribution in [2.45, 2.75) is 40.3 Å². The summed E-state index contributed by atoms with van der Waals surface area (Å²) in [5.74, 6) is -1.60. The van der Waals surface area contributed by atoms with E-state index in [4.69, 9.17) is 4.74 Å². The Morgan fingerprint density at radius 2 is 1.93 bits per heavy atom. The number of benzene rings is 1. The highest BCUT2D eigenvalue weighted by molar-refractivity contribution is 6.04. The zero-order chi connectivity index (χ0) is 21.0. The first-order chi connectivity index (χ1) is 13.1. The number of rotatable bonds is 7. The Bertz CT molecular complexity index is 950. The molecule has 0 saturated heterocycles. The molecule has 1 amide bonds. The number of hydrogen-bond acceptors (Lipinski definition) is 7. The number of ether oxygens (including phenoxy) is 1. The van der Waals surface area contributed by atoms with E-state index < -0.39 is 22.9 Å². The average molecular weight is 388 g/mol. The Morgan fingerprint density at radius 3 is 2.50 bits per heavy atom. The van der Waals surface area contributed by atoms with Crippen LogP contribution in [0.5, 0.6) is 0 Å². The summed E-state index contributed by atoms with van der Waals surface area (Å²) < 4.78 is 6.24. The van der Waals surface area contributed by atoms with Crippen molar-refractivity contribution in [1.29, 1.82) is 0 Å². The predicted octanol–water partition coefficient (Wildman–Crippen LogP) is 2.18. The Kier molecular flexibility index (Phi) is 6.24. The first-order valence-electron chi connectivity index (χ1n) is 8.40. The van der Waals surface area contributed by atoms with Gasteiger partial charge in [-0.05, 0) is 39.8 Å². The first-order valence-corrected chi connectivity index (χ1v) is 8.40. The Hall–Kier alpha value is -3.56. The van der Waals surface area contributed by atoms with Gasteiger partial charge in [0.05, 0.1) is 10.6 Å². The second-order valence-corrected chi connectivity index (χ2v) is 6.16. The van der Waals surface area contributed by atoms with E-state index in [0.717, 1.165) is 4.68 Å². The minimum atomic E-state index is -1.14. The monoisotopic (exact) mass is 388 g/mol. The van der Waals surface area contributed by atoms with Gasteiger partial charge in [-0.3, -0.25) is 29.2 Å². The third kappa shape index (κ3) is 4.58. The summed E-state index contributed by atoms with van der Waals surface area (Å²) in [5, 5.41) is 17.5. The zero-order valence-corrected chi connectivity index (χ0v) is 15.9. The molecule has 1 atom stereocenters. The van der Waals surface area contributed by atoms with Crippen LogP contribution in [0.4, 0.5) is 11.4 Å². The molecule has 0 unspecified atom stereocenters. The molecule has 0 fully saturated rings. The number of aromatic nitrogens is 2. The molecule has 0 aliphatic rings. The molecule has 10 heteroatoms. The zero-order valence-electron chi connectivity index (χ0n) is 15.9. The van der Waals surface area contributed by atoms with Crippen LogP contribution in [-0.4, -0.2) is 38.5 Å². The highest BCUT2D eigenvalue weighted by Crippen LogP contribution is 2.21. The summed E-state index contributed by atoms with van der Waals surface area (Å²) in [6.07, 6.45) is -1.14. The van der Waals surface area contributed by atoms with E-state index in [-0.39, 0.29) is 29.4 Å². The maximum absolute atomic E-state index is 12.3. The van der Waals surface area contributed by atoms with Gasteiger partial charge in [0.1, 0.15) is 17.9 Å². The van der Waals surface area contributed by atoms with Crippen LogP contribution >= 0.6 is 0 Å². The highest BCUT2D eigenvalue weighted by atomic mass is 16.6. The second kappa shape index (κ2) is 8.42. The molecular formula is C18H20N4O6. The molecule has 0 spiro atoms. The second-order valence-electron chi connectivity index (χ2n) is 6.16. The van der Waals surface area contributed by atoms with Gasteiger partial charge in [0, 0.05) is 5.56 Å². The quantitative estimate of drug-likeness (QED) is 0.332. The van der Waals surface area contributed by atoms with Gasteiger partial charge >= 0.3 is 11.7 Å². The number of carbonyl (C=O) groups excluding carboxylic acids is 3. The number of nitrogens with zero attached hydrogens (tertiary/aromatic N) is 3. The van der Waals surface area contributed by atoms with Crippen molar-refractivity contribution in [2.24, 2.45) is 0 Å². The van der Waals surface area contributed by atoms with Gasteiger partial charge in [0.15, 0.2) is 11.9 Å². The molecule has 1 aromatic heterocycles. The first kappa shape index (κ1) is 20.7. The molecule has 1 heterocycles. The van der Waals surface area contributed by atoms with Gasteiger partial charge in [-0.1, -0.05) is 12.1 Å². The van der Waals surface area contributed by atoms with Gasteiger partial charge < -0.3 is 10.1 Å². The average Bonchev–Trinajstić information content (AvgIpc) is 2.88. The SMILES string of the molecule is CC(=O)c1ccccc1NC(=O)[C@@H](C)OC(=O)Cn1nc(C)c([N+](=O)[O-])c1C. The van der Waals surface area contributed by atoms with Crippen molar-refractivity contribution in [3.8, 4) is 0 Å². The van der Waals surface area contributed by atoms with Gasteiger partial charge in [0.2, 0.25) is 0 Å². The molecule has 2 rings (SSSR count). The number of carbonyl (C=O) groups is 3. The van der Waals surface area contributed by atoms with Crippen molar-refractivity contribution < 1.29 is 24.0 Å². The van der Waals surface area contributed by atoms with E-state index in [2.05, 4.69) is 10.4 Å². The van der Waals surface area contributed by atoms with E-state index in [1.807, 2.05) is 0 Å². The maximum Gasteiger partial charge on any atom is 0.328 e. The van der Waals surface area contributed by atoms with Crippen LogP contribution < -0.4 is 5.32 Å². The fourth-order valence-corrected chi connectivity index (χ4v) is 2.65. The molecule has 1 aromatic carbocycles. The van der Waals surface area contributed by atoms with Crippen LogP contribution in [0, 0.1) is 24.0 Å². The number of esters is 1. The van der Waals surface area contributed by atoms with Crippen LogP contribution in [0.3, 0.4) is 0 Å². The molecule has 148 valence electrons. The van der Waals surface area contributed by atoms with E-state index in [0.29, 0.717) is 11.3 Å². The lowest BCUT2D eigenvalue weighted by atomic mass is 10.1. The van der Waals surface area contributed by atoms with Crippen LogP contribution in [-0.2, 0) is 20.9 Å². The maximum atomic E-state index is 12.3. The molecule has 1 N–H and O–H groups in total. The minimum absolute atomic E-state index is 0.167. The van der Waals surface area contributed by atoms with E-state index in [9.17, 15) is 24.5 Å². The Labute approximate surface area is 160 Å². The van der Waals surface area contributed by atoms with Crippen molar-refractivity contribution >= 4 is 29.0 Å². The lowest BCUT2D eigenvalue weighted by molar-refractivity contribution is -0.386. The lowest BCUT2D eigenvalue weighted by Gasteiger charge is -2.15. The summed E-state index contributed by atoms with van der Waals surface area (Å²) in [4.78, 5) is 46.5. The molecule has 28 heavy (non-hydrogen) atoms. The van der Waals surface area contributed by atoms with Gasteiger partial charge in [-0.15, -0.1) is 0 Å². The minimum Gasteiger partial charge on any atom is -0.451 e. The fourth-order valence-electron chi connectivity index (χ4n) is 2.65. The summed E-state index contributed by atoms with van der Waals surface area (Å²) >= 11 is 0. The van der Waals surface area contributed by atoms with E-state index in [1.54, 1.807) is 24.3 Å². The van der Waals surface area contributed by atoms with Gasteiger partial charge in [-0.25, -0.2) is 0 Å². The summed E-state index contributed by atoms with van der Waals surface area (Å²) in [6.45, 7) is 5.33. The molecule has 0 aliphatic carbocycles. The number of para-hydroxylation sites is 1. The number of nitrogens with one attached hydrogen (secondary N) is 1. The van der Waals surface area contributed by atoms with Crippen LogP contribution in [0.15, 0.2) is 24.3 Å². The Morgan fingerprint density at radius 1 is 1.29 bits per heavy atom. The molecule has 0 aliphatic heterocycles. The Balaban J connectivity index is 2.03. The van der Waals surface area contributed by atoms with Gasteiger partial charge in [-0.2, -0.15) is 5.10 Å². The molecule has 0 radical (unpaired) electrons. The fraction of sp³-hybridized carbons (Fsp3) is 0.333. The summed E-state index contributed by atoms with van der Waals surface area (Å²) in [5.41, 5.74) is 0.884. The van der Waals surface area contributed by atoms with E-state index >= 15 is 0 Å². The summed E-state index contributed by atoms with van der Waals surface area (Å²) in [6, 6.07) is 6.47. The predicted molar refractivity (Wildman–Crippen MR) is 99.0 cm³/mol. The largest absolute Gasteiger partial charge is 0.451 e. The van der Waals surface area contributed by atoms with Crippen LogP contribution in [0.1, 0.15) is 35.6 Å². The molecule has 10 nitrogen and oxygen atoms in total.